The van der Waals surface area contributed by atoms with Gasteiger partial charge in [-0.2, -0.15) is 0 Å². The normalized spacial score (nSPS) is 21.7. The number of nitrogens with one attached hydrogen (secondary N) is 1. The van der Waals surface area contributed by atoms with Gasteiger partial charge in [0.25, 0.3) is 0 Å². The highest BCUT2D eigenvalue weighted by atomic mass is 32.2. The molecule has 1 aliphatic carbocycles. The van der Waals surface area contributed by atoms with E-state index in [-0.39, 0.29) is 12.0 Å². The van der Waals surface area contributed by atoms with E-state index in [4.69, 9.17) is 10.8 Å². The van der Waals surface area contributed by atoms with E-state index < -0.39 is 44.6 Å². The molecule has 0 heterocycles. The molecule has 2 rings (SSSR count). The third-order valence-corrected chi connectivity index (χ3v) is 5.18. The molecule has 1 saturated carbocycles. The van der Waals surface area contributed by atoms with Gasteiger partial charge in [-0.25, -0.2) is 22.3 Å². The van der Waals surface area contributed by atoms with Gasteiger partial charge in [0.1, 0.15) is 10.7 Å². The summed E-state index contributed by atoms with van der Waals surface area (Å²) in [6.07, 6.45) is 1.17. The quantitative estimate of drug-likeness (QED) is 0.723. The molecule has 0 bridgehead atoms. The first-order chi connectivity index (χ1) is 10.2. The molecule has 0 aromatic heterocycles. The lowest BCUT2D eigenvalue weighted by atomic mass is 10.1. The molecule has 0 spiro atoms. The van der Waals surface area contributed by atoms with Crippen molar-refractivity contribution < 1.29 is 27.5 Å². The number of carboxylic acids is 1. The highest BCUT2D eigenvalue weighted by Crippen LogP contribution is 2.27. The van der Waals surface area contributed by atoms with Crippen LogP contribution < -0.4 is 10.5 Å². The van der Waals surface area contributed by atoms with Crippen LogP contribution in [0.25, 0.3) is 0 Å². The first-order valence-corrected chi connectivity index (χ1v) is 8.03. The lowest BCUT2D eigenvalue weighted by molar-refractivity contribution is -0.121. The minimum Gasteiger partial charge on any atom is -0.478 e. The molecular weight excluding hydrogens is 315 g/mol. The molecule has 1 aliphatic rings. The monoisotopic (exact) mass is 330 g/mol. The van der Waals surface area contributed by atoms with Crippen LogP contribution in [0.2, 0.25) is 0 Å². The van der Waals surface area contributed by atoms with Gasteiger partial charge in [0.2, 0.25) is 15.9 Å². The summed E-state index contributed by atoms with van der Waals surface area (Å²) in [5.74, 6) is -3.38. The topological polar surface area (TPSA) is 127 Å². The maximum absolute atomic E-state index is 13.8. The van der Waals surface area contributed by atoms with Crippen LogP contribution in [0.3, 0.4) is 0 Å². The van der Waals surface area contributed by atoms with Crippen molar-refractivity contribution in [2.75, 3.05) is 0 Å². The minimum absolute atomic E-state index is 0.267. The largest absolute Gasteiger partial charge is 0.478 e. The Morgan fingerprint density at radius 1 is 1.32 bits per heavy atom. The van der Waals surface area contributed by atoms with Crippen molar-refractivity contribution >= 4 is 21.9 Å². The maximum Gasteiger partial charge on any atom is 0.335 e. The van der Waals surface area contributed by atoms with E-state index in [0.29, 0.717) is 18.9 Å². The maximum atomic E-state index is 13.8. The average molecular weight is 330 g/mol. The SMILES string of the molecule is NC(=O)[C@@H]1CC[C@H](NS(=O)(=O)c2ccc(C(=O)O)cc2F)C1. The van der Waals surface area contributed by atoms with Gasteiger partial charge in [-0.05, 0) is 37.5 Å². The van der Waals surface area contributed by atoms with Crippen LogP contribution in [-0.4, -0.2) is 31.4 Å². The number of sulfonamides is 1. The second-order valence-electron chi connectivity index (χ2n) is 5.18. The van der Waals surface area contributed by atoms with Gasteiger partial charge in [0.05, 0.1) is 5.56 Å². The molecule has 1 aromatic carbocycles. The molecule has 0 saturated heterocycles. The number of rotatable bonds is 5. The summed E-state index contributed by atoms with van der Waals surface area (Å²) >= 11 is 0. The predicted octanol–water partition coefficient (Wildman–Crippen LogP) is 0.456. The molecular formula is C13H15FN2O5S. The zero-order valence-corrected chi connectivity index (χ0v) is 12.3. The van der Waals surface area contributed by atoms with Gasteiger partial charge < -0.3 is 10.8 Å². The lowest BCUT2D eigenvalue weighted by Gasteiger charge is -2.13. The standard InChI is InChI=1S/C13H15FN2O5S/c14-10-6-8(13(18)19)2-4-11(10)22(20,21)16-9-3-1-7(5-9)12(15)17/h2,4,6-7,9,16H,1,3,5H2,(H2,15,17)(H,18,19)/t7-,9+/m1/s1. The van der Waals surface area contributed by atoms with Crippen molar-refractivity contribution in [3.63, 3.8) is 0 Å². The summed E-state index contributed by atoms with van der Waals surface area (Å²) < 4.78 is 40.5. The van der Waals surface area contributed by atoms with Crippen molar-refractivity contribution in [3.8, 4) is 0 Å². The number of carbonyl (C=O) groups is 2. The van der Waals surface area contributed by atoms with E-state index in [2.05, 4.69) is 4.72 Å². The number of primary amides is 1. The van der Waals surface area contributed by atoms with E-state index in [1.807, 2.05) is 0 Å². The van der Waals surface area contributed by atoms with Crippen LogP contribution in [0, 0.1) is 11.7 Å². The van der Waals surface area contributed by atoms with Crippen molar-refractivity contribution in [1.82, 2.24) is 4.72 Å². The zero-order valence-electron chi connectivity index (χ0n) is 11.5. The van der Waals surface area contributed by atoms with Crippen LogP contribution in [0.1, 0.15) is 29.6 Å². The molecule has 0 aliphatic heterocycles. The Hall–Kier alpha value is -2.00. The number of carboxylic acid groups (broad SMARTS) is 1. The highest BCUT2D eigenvalue weighted by molar-refractivity contribution is 7.89. The van der Waals surface area contributed by atoms with E-state index >= 15 is 0 Å². The van der Waals surface area contributed by atoms with Crippen LogP contribution in [0.5, 0.6) is 0 Å². The van der Waals surface area contributed by atoms with Gasteiger partial charge in [-0.15, -0.1) is 0 Å². The molecule has 1 fully saturated rings. The molecule has 120 valence electrons. The Balaban J connectivity index is 2.18. The van der Waals surface area contributed by atoms with Crippen molar-refractivity contribution in [2.24, 2.45) is 11.7 Å². The summed E-state index contributed by atoms with van der Waals surface area (Å²) in [4.78, 5) is 21.2. The van der Waals surface area contributed by atoms with Gasteiger partial charge in [-0.1, -0.05) is 0 Å². The van der Waals surface area contributed by atoms with Crippen molar-refractivity contribution in [1.29, 1.82) is 0 Å². The Bertz CT molecular complexity index is 719. The molecule has 7 nitrogen and oxygen atoms in total. The number of halogens is 1. The third kappa shape index (κ3) is 3.42. The number of amides is 1. The van der Waals surface area contributed by atoms with Gasteiger partial charge >= 0.3 is 5.97 Å². The number of carbonyl (C=O) groups excluding carboxylic acids is 1. The average Bonchev–Trinajstić information content (AvgIpc) is 2.86. The molecule has 4 N–H and O–H groups in total. The van der Waals surface area contributed by atoms with Gasteiger partial charge in [-0.3, -0.25) is 4.79 Å². The number of hydrogen-bond acceptors (Lipinski definition) is 4. The smallest absolute Gasteiger partial charge is 0.335 e. The van der Waals surface area contributed by atoms with E-state index in [1.54, 1.807) is 0 Å². The lowest BCUT2D eigenvalue weighted by Crippen LogP contribution is -2.34. The summed E-state index contributed by atoms with van der Waals surface area (Å²) in [7, 11) is -4.14. The van der Waals surface area contributed by atoms with Crippen LogP contribution in [0.15, 0.2) is 23.1 Å². The Labute approximate surface area is 126 Å². The Morgan fingerprint density at radius 3 is 2.50 bits per heavy atom. The molecule has 0 radical (unpaired) electrons. The van der Waals surface area contributed by atoms with E-state index in [1.165, 1.54) is 0 Å². The second kappa shape index (κ2) is 6.01. The third-order valence-electron chi connectivity index (χ3n) is 3.63. The summed E-state index contributed by atoms with van der Waals surface area (Å²) in [6, 6.07) is 2.07. The Kier molecular flexibility index (Phi) is 4.47. The number of hydrogen-bond donors (Lipinski definition) is 3. The Morgan fingerprint density at radius 2 is 2.00 bits per heavy atom. The first kappa shape index (κ1) is 16.4. The first-order valence-electron chi connectivity index (χ1n) is 6.55. The number of aromatic carboxylic acids is 1. The summed E-state index contributed by atoms with van der Waals surface area (Å²) in [5.41, 5.74) is 4.83. The fraction of sp³-hybridized carbons (Fsp3) is 0.385. The summed E-state index contributed by atoms with van der Waals surface area (Å²) in [5, 5.41) is 8.74. The van der Waals surface area contributed by atoms with Crippen molar-refractivity contribution in [3.05, 3.63) is 29.6 Å². The highest BCUT2D eigenvalue weighted by Gasteiger charge is 2.32. The molecule has 22 heavy (non-hydrogen) atoms. The minimum atomic E-state index is -4.14. The molecule has 1 aromatic rings. The van der Waals surface area contributed by atoms with Crippen LogP contribution >= 0.6 is 0 Å². The summed E-state index contributed by atoms with van der Waals surface area (Å²) in [6.45, 7) is 0. The van der Waals surface area contributed by atoms with E-state index in [0.717, 1.165) is 12.1 Å². The van der Waals surface area contributed by atoms with E-state index in [9.17, 15) is 22.4 Å². The zero-order chi connectivity index (χ0) is 16.5. The molecule has 0 unspecified atom stereocenters. The predicted molar refractivity (Wildman–Crippen MR) is 74.0 cm³/mol. The fourth-order valence-corrected chi connectivity index (χ4v) is 3.82. The molecule has 1 amide bonds. The number of nitrogens with two attached hydrogens (primary N) is 1. The second-order valence-corrected chi connectivity index (χ2v) is 6.86. The van der Waals surface area contributed by atoms with Crippen molar-refractivity contribution in [2.45, 2.75) is 30.2 Å². The number of benzene rings is 1. The van der Waals surface area contributed by atoms with Crippen LogP contribution in [0.4, 0.5) is 4.39 Å². The fourth-order valence-electron chi connectivity index (χ4n) is 2.48. The molecule has 2 atom stereocenters. The van der Waals surface area contributed by atoms with Crippen LogP contribution in [-0.2, 0) is 14.8 Å². The molecule has 9 heteroatoms. The van der Waals surface area contributed by atoms with Gasteiger partial charge in [0.15, 0.2) is 0 Å². The van der Waals surface area contributed by atoms with Gasteiger partial charge in [0, 0.05) is 12.0 Å².